The molecule has 3 rings (SSSR count). The predicted molar refractivity (Wildman–Crippen MR) is 133 cm³/mol. The number of hydrogen-bond acceptors (Lipinski definition) is 9. The van der Waals surface area contributed by atoms with Crippen LogP contribution >= 0.6 is 29.7 Å². The van der Waals surface area contributed by atoms with Gasteiger partial charge in [0.1, 0.15) is 23.1 Å². The number of aromatic nitrogens is 2. The van der Waals surface area contributed by atoms with Gasteiger partial charge in [-0.25, -0.2) is 9.88 Å². The van der Waals surface area contributed by atoms with E-state index in [2.05, 4.69) is 10.1 Å². The molecule has 2 fully saturated rings. The van der Waals surface area contributed by atoms with Gasteiger partial charge in [-0.3, -0.25) is 23.7 Å². The first-order chi connectivity index (χ1) is 16.3. The first-order valence-electron chi connectivity index (χ1n) is 11.6. The van der Waals surface area contributed by atoms with Crippen molar-refractivity contribution in [3.8, 4) is 0 Å². The second-order valence-corrected chi connectivity index (χ2v) is 14.6. The summed E-state index contributed by atoms with van der Waals surface area (Å²) < 4.78 is 31.7. The van der Waals surface area contributed by atoms with Gasteiger partial charge in [0.25, 0.3) is 5.56 Å². The SMILES string of the molecule is CC(C)OC(=O)C(C)NP(=O)(OCC1OC(n2ccc(=O)[nH]c2=O)C(C)(Cl)C1O)SC1CCCC1. The lowest BCUT2D eigenvalue weighted by Crippen LogP contribution is -2.43. The van der Waals surface area contributed by atoms with Crippen molar-refractivity contribution in [2.75, 3.05) is 6.61 Å². The Balaban J connectivity index is 1.75. The normalized spacial score (nSPS) is 29.9. The first kappa shape index (κ1) is 28.4. The molecule has 11 nitrogen and oxygen atoms in total. The number of hydrogen-bond donors (Lipinski definition) is 3. The van der Waals surface area contributed by atoms with Gasteiger partial charge in [0.2, 0.25) is 0 Å². The molecule has 1 saturated carbocycles. The largest absolute Gasteiger partial charge is 0.462 e. The lowest BCUT2D eigenvalue weighted by atomic mass is 10.0. The van der Waals surface area contributed by atoms with E-state index in [1.54, 1.807) is 20.8 Å². The third-order valence-corrected chi connectivity index (χ3v) is 10.9. The number of nitrogens with zero attached hydrogens (tertiary/aromatic N) is 1. The Bertz CT molecular complexity index is 1060. The van der Waals surface area contributed by atoms with Crippen LogP contribution in [0.5, 0.6) is 0 Å². The van der Waals surface area contributed by atoms with Gasteiger partial charge in [-0.1, -0.05) is 24.2 Å². The number of carbonyl (C=O) groups excluding carboxylic acids is 1. The smallest absolute Gasteiger partial charge is 0.330 e. The van der Waals surface area contributed by atoms with Gasteiger partial charge < -0.3 is 19.1 Å². The van der Waals surface area contributed by atoms with Crippen LogP contribution in [0.4, 0.5) is 0 Å². The van der Waals surface area contributed by atoms with Gasteiger partial charge in [-0.05, 0) is 40.5 Å². The van der Waals surface area contributed by atoms with Crippen LogP contribution in [0.15, 0.2) is 21.9 Å². The number of aromatic amines is 1. The molecule has 6 unspecified atom stereocenters. The monoisotopic (exact) mass is 553 g/mol. The fraction of sp³-hybridized carbons (Fsp3) is 0.762. The first-order valence-corrected chi connectivity index (χ1v) is 15.1. The van der Waals surface area contributed by atoms with Crippen molar-refractivity contribution in [2.45, 2.75) is 94.1 Å². The highest BCUT2D eigenvalue weighted by atomic mass is 35.5. The number of ether oxygens (including phenoxy) is 2. The van der Waals surface area contributed by atoms with Gasteiger partial charge in [0.05, 0.1) is 12.7 Å². The van der Waals surface area contributed by atoms with Crippen LogP contribution in [0.3, 0.4) is 0 Å². The summed E-state index contributed by atoms with van der Waals surface area (Å²) in [5, 5.41) is 13.7. The quantitative estimate of drug-likeness (QED) is 0.224. The van der Waals surface area contributed by atoms with Crippen LogP contribution in [-0.2, 0) is 23.4 Å². The summed E-state index contributed by atoms with van der Waals surface area (Å²) in [6.07, 6.45) is 1.26. The average Bonchev–Trinajstić information content (AvgIpc) is 3.33. The molecule has 0 bridgehead atoms. The van der Waals surface area contributed by atoms with E-state index < -0.39 is 53.3 Å². The molecule has 35 heavy (non-hydrogen) atoms. The van der Waals surface area contributed by atoms with Crippen LogP contribution in [-0.4, -0.2) is 61.7 Å². The number of nitrogens with one attached hydrogen (secondary N) is 2. The summed E-state index contributed by atoms with van der Waals surface area (Å²) in [5.74, 6) is -0.557. The van der Waals surface area contributed by atoms with E-state index in [0.717, 1.165) is 47.7 Å². The van der Waals surface area contributed by atoms with Crippen molar-refractivity contribution in [1.82, 2.24) is 14.6 Å². The molecular formula is C21H33ClN3O8PS. The fourth-order valence-electron chi connectivity index (χ4n) is 4.05. The molecule has 198 valence electrons. The molecule has 1 aliphatic heterocycles. The van der Waals surface area contributed by atoms with E-state index in [-0.39, 0.29) is 18.0 Å². The zero-order valence-corrected chi connectivity index (χ0v) is 22.6. The van der Waals surface area contributed by atoms with Gasteiger partial charge >= 0.3 is 18.4 Å². The zero-order chi connectivity index (χ0) is 26.0. The minimum Gasteiger partial charge on any atom is -0.462 e. The van der Waals surface area contributed by atoms with Gasteiger partial charge in [0, 0.05) is 17.5 Å². The highest BCUT2D eigenvalue weighted by molar-refractivity contribution is 8.56. The van der Waals surface area contributed by atoms with Crippen LogP contribution in [0.25, 0.3) is 0 Å². The second kappa shape index (κ2) is 11.5. The third-order valence-electron chi connectivity index (χ3n) is 5.88. The number of esters is 1. The van der Waals surface area contributed by atoms with Gasteiger partial charge in [0.15, 0.2) is 6.23 Å². The summed E-state index contributed by atoms with van der Waals surface area (Å²) in [6, 6.07) is 0.249. The number of H-pyrrole nitrogens is 1. The molecule has 1 aromatic heterocycles. The number of carbonyl (C=O) groups is 1. The summed E-state index contributed by atoms with van der Waals surface area (Å²) in [4.78, 5) is 36.7. The third kappa shape index (κ3) is 7.00. The maximum absolute atomic E-state index is 13.8. The Morgan fingerprint density at radius 1 is 1.40 bits per heavy atom. The molecule has 0 spiro atoms. The Morgan fingerprint density at radius 2 is 2.06 bits per heavy atom. The summed E-state index contributed by atoms with van der Waals surface area (Å²) in [7, 11) is 0. The summed E-state index contributed by atoms with van der Waals surface area (Å²) in [6.45, 7) is 2.54. The molecule has 6 atom stereocenters. The number of aliphatic hydroxyl groups is 1. The van der Waals surface area contributed by atoms with E-state index in [0.29, 0.717) is 0 Å². The van der Waals surface area contributed by atoms with Crippen molar-refractivity contribution >= 4 is 35.7 Å². The van der Waals surface area contributed by atoms with E-state index >= 15 is 0 Å². The Kier molecular flexibility index (Phi) is 9.34. The van der Waals surface area contributed by atoms with E-state index in [9.17, 15) is 24.1 Å². The minimum absolute atomic E-state index is 0.0989. The van der Waals surface area contributed by atoms with Crippen molar-refractivity contribution < 1.29 is 28.5 Å². The van der Waals surface area contributed by atoms with Crippen LogP contribution in [0.1, 0.15) is 59.6 Å². The van der Waals surface area contributed by atoms with Gasteiger partial charge in [-0.2, -0.15) is 0 Å². The number of alkyl halides is 1. The lowest BCUT2D eigenvalue weighted by molar-refractivity contribution is -0.149. The molecule has 1 aromatic rings. The number of rotatable bonds is 10. The highest BCUT2D eigenvalue weighted by Gasteiger charge is 2.54. The maximum Gasteiger partial charge on any atom is 0.330 e. The van der Waals surface area contributed by atoms with E-state index in [1.165, 1.54) is 13.1 Å². The van der Waals surface area contributed by atoms with Crippen molar-refractivity contribution in [1.29, 1.82) is 0 Å². The highest BCUT2D eigenvalue weighted by Crippen LogP contribution is 2.61. The van der Waals surface area contributed by atoms with Crippen molar-refractivity contribution in [3.63, 3.8) is 0 Å². The molecule has 2 aliphatic rings. The Hall–Kier alpha value is -1.14. The zero-order valence-electron chi connectivity index (χ0n) is 20.1. The van der Waals surface area contributed by atoms with Crippen molar-refractivity contribution in [2.24, 2.45) is 0 Å². The molecule has 2 heterocycles. The molecule has 3 N–H and O–H groups in total. The standard InChI is InChI=1S/C21H33ClN3O8PS/c1-12(2)32-18(28)13(3)24-34(30,35-14-7-5-6-8-14)31-11-15-17(27)21(4,22)19(33-15)25-10-9-16(26)23-20(25)29/h9-10,12-15,17,19,27H,5-8,11H2,1-4H3,(H,24,30)(H,23,26,29). The molecule has 0 amide bonds. The lowest BCUT2D eigenvalue weighted by Gasteiger charge is -2.27. The molecule has 0 aromatic carbocycles. The van der Waals surface area contributed by atoms with E-state index in [1.807, 2.05) is 0 Å². The number of aliphatic hydroxyl groups excluding tert-OH is 1. The van der Waals surface area contributed by atoms with Crippen molar-refractivity contribution in [3.05, 3.63) is 33.1 Å². The topological polar surface area (TPSA) is 149 Å². The van der Waals surface area contributed by atoms with E-state index in [4.69, 9.17) is 25.6 Å². The Morgan fingerprint density at radius 3 is 2.66 bits per heavy atom. The average molecular weight is 554 g/mol. The Labute approximate surface area is 212 Å². The maximum atomic E-state index is 13.8. The van der Waals surface area contributed by atoms with Crippen LogP contribution < -0.4 is 16.3 Å². The fourth-order valence-corrected chi connectivity index (χ4v) is 9.23. The second-order valence-electron chi connectivity index (χ2n) is 9.28. The minimum atomic E-state index is -3.63. The summed E-state index contributed by atoms with van der Waals surface area (Å²) >= 11 is 7.71. The molecule has 1 saturated heterocycles. The molecule has 1 aliphatic carbocycles. The predicted octanol–water partition coefficient (Wildman–Crippen LogP) is 2.52. The number of halogens is 1. The van der Waals surface area contributed by atoms with Crippen LogP contribution in [0, 0.1) is 0 Å². The van der Waals surface area contributed by atoms with Crippen LogP contribution in [0.2, 0.25) is 0 Å². The summed E-state index contributed by atoms with van der Waals surface area (Å²) in [5.41, 5.74) is -1.33. The van der Waals surface area contributed by atoms with Gasteiger partial charge in [-0.15, -0.1) is 11.6 Å². The molecule has 14 heteroatoms. The molecule has 0 radical (unpaired) electrons. The molecular weight excluding hydrogens is 521 g/mol.